The molecule has 6 nitrogen and oxygen atoms in total. The summed E-state index contributed by atoms with van der Waals surface area (Å²) in [4.78, 5) is 0. The molecule has 1 rings (SSSR count). The zero-order valence-corrected chi connectivity index (χ0v) is 5.42. The van der Waals surface area contributed by atoms with E-state index in [4.69, 9.17) is 20.6 Å². The summed E-state index contributed by atoms with van der Waals surface area (Å²) in [7, 11) is 0. The number of nitrogens with zero attached hydrogens (tertiary/aromatic N) is 2. The average molecular weight is 150 g/mol. The average Bonchev–Trinajstić information content (AvgIpc) is 2.07. The summed E-state index contributed by atoms with van der Waals surface area (Å²) in [5, 5.41) is 36.0. The zero-order chi connectivity index (χ0) is 7.89. The Morgan fingerprint density at radius 3 is 1.70 bits per heavy atom. The first-order valence-corrected chi connectivity index (χ1v) is 2.86. The van der Waals surface area contributed by atoms with Gasteiger partial charge in [-0.2, -0.15) is 0 Å². The van der Waals surface area contributed by atoms with Crippen molar-refractivity contribution in [2.24, 2.45) is 0 Å². The molecule has 3 atom stereocenters. The van der Waals surface area contributed by atoms with Crippen molar-refractivity contribution in [3.8, 4) is 0 Å². The van der Waals surface area contributed by atoms with E-state index in [1.165, 1.54) is 6.92 Å². The van der Waals surface area contributed by atoms with Crippen molar-refractivity contribution >= 4 is 0 Å². The summed E-state index contributed by atoms with van der Waals surface area (Å²) in [6.07, 6.45) is -2.79. The SMILES string of the molecule is CC1C(O)N(O)C(O)N1O. The van der Waals surface area contributed by atoms with Crippen molar-refractivity contribution in [3.63, 3.8) is 0 Å². The molecule has 0 radical (unpaired) electrons. The van der Waals surface area contributed by atoms with Crippen LogP contribution >= 0.6 is 0 Å². The van der Waals surface area contributed by atoms with Crippen LogP contribution in [0.15, 0.2) is 0 Å². The van der Waals surface area contributed by atoms with Gasteiger partial charge in [0.1, 0.15) is 0 Å². The van der Waals surface area contributed by atoms with E-state index >= 15 is 0 Å². The summed E-state index contributed by atoms with van der Waals surface area (Å²) in [6.45, 7) is 1.46. The molecule has 1 heterocycles. The van der Waals surface area contributed by atoms with Crippen LogP contribution in [0.2, 0.25) is 0 Å². The first-order valence-electron chi connectivity index (χ1n) is 2.86. The van der Waals surface area contributed by atoms with Gasteiger partial charge in [0.05, 0.1) is 6.04 Å². The Morgan fingerprint density at radius 2 is 1.60 bits per heavy atom. The number of hydroxylamine groups is 4. The van der Waals surface area contributed by atoms with Gasteiger partial charge in [-0.25, -0.2) is 0 Å². The van der Waals surface area contributed by atoms with E-state index in [2.05, 4.69) is 0 Å². The summed E-state index contributed by atoms with van der Waals surface area (Å²) < 4.78 is 0. The second-order valence-electron chi connectivity index (χ2n) is 2.26. The third-order valence-corrected chi connectivity index (χ3v) is 1.59. The monoisotopic (exact) mass is 150 g/mol. The van der Waals surface area contributed by atoms with Gasteiger partial charge in [-0.3, -0.25) is 0 Å². The number of hydrogen-bond acceptors (Lipinski definition) is 6. The fourth-order valence-electron chi connectivity index (χ4n) is 0.826. The summed E-state index contributed by atoms with van der Waals surface area (Å²) in [6, 6.07) is -0.694. The third-order valence-electron chi connectivity index (χ3n) is 1.59. The number of rotatable bonds is 0. The summed E-state index contributed by atoms with van der Waals surface area (Å²) in [5.74, 6) is 0. The summed E-state index contributed by atoms with van der Waals surface area (Å²) >= 11 is 0. The van der Waals surface area contributed by atoms with Crippen molar-refractivity contribution in [2.75, 3.05) is 0 Å². The van der Waals surface area contributed by atoms with Gasteiger partial charge in [-0.05, 0) is 6.92 Å². The first kappa shape index (κ1) is 7.86. The quantitative estimate of drug-likeness (QED) is 0.331. The Kier molecular flexibility index (Phi) is 1.90. The van der Waals surface area contributed by atoms with E-state index in [0.29, 0.717) is 5.06 Å². The van der Waals surface area contributed by atoms with Crippen molar-refractivity contribution in [2.45, 2.75) is 25.5 Å². The second-order valence-corrected chi connectivity index (χ2v) is 2.26. The molecule has 1 aliphatic rings. The normalized spacial score (nSPS) is 44.7. The lowest BCUT2D eigenvalue weighted by Crippen LogP contribution is -2.36. The van der Waals surface area contributed by atoms with Crippen LogP contribution < -0.4 is 0 Å². The van der Waals surface area contributed by atoms with Crippen molar-refractivity contribution in [3.05, 3.63) is 0 Å². The minimum atomic E-state index is -1.54. The highest BCUT2D eigenvalue weighted by Crippen LogP contribution is 2.18. The largest absolute Gasteiger partial charge is 0.374 e. The highest BCUT2D eigenvalue weighted by Gasteiger charge is 2.42. The van der Waals surface area contributed by atoms with Gasteiger partial charge >= 0.3 is 0 Å². The topological polar surface area (TPSA) is 87.4 Å². The lowest BCUT2D eigenvalue weighted by molar-refractivity contribution is -0.295. The van der Waals surface area contributed by atoms with E-state index in [9.17, 15) is 0 Å². The van der Waals surface area contributed by atoms with Crippen LogP contribution in [-0.2, 0) is 0 Å². The minimum absolute atomic E-state index is 0.269. The molecule has 1 saturated heterocycles. The Hall–Kier alpha value is -0.240. The molecule has 1 aliphatic heterocycles. The molecule has 10 heavy (non-hydrogen) atoms. The van der Waals surface area contributed by atoms with E-state index in [1.807, 2.05) is 0 Å². The maximum absolute atomic E-state index is 8.92. The molecule has 0 aromatic rings. The molecule has 0 aromatic heterocycles. The number of aliphatic hydroxyl groups excluding tert-OH is 2. The van der Waals surface area contributed by atoms with Crippen molar-refractivity contribution in [1.82, 2.24) is 10.1 Å². The minimum Gasteiger partial charge on any atom is -0.374 e. The van der Waals surface area contributed by atoms with Gasteiger partial charge in [0.25, 0.3) is 0 Å². The lowest BCUT2D eigenvalue weighted by Gasteiger charge is -2.15. The maximum atomic E-state index is 8.92. The van der Waals surface area contributed by atoms with Gasteiger partial charge in [-0.15, -0.1) is 10.1 Å². The van der Waals surface area contributed by atoms with Gasteiger partial charge in [0, 0.05) is 0 Å². The van der Waals surface area contributed by atoms with E-state index in [-0.39, 0.29) is 5.06 Å². The van der Waals surface area contributed by atoms with Crippen LogP contribution in [0.5, 0.6) is 0 Å². The highest BCUT2D eigenvalue weighted by atomic mass is 16.6. The third kappa shape index (κ3) is 0.908. The predicted octanol–water partition coefficient (Wildman–Crippen LogP) is -1.63. The van der Waals surface area contributed by atoms with E-state index in [1.54, 1.807) is 0 Å². The van der Waals surface area contributed by atoms with Crippen LogP contribution in [0.3, 0.4) is 0 Å². The zero-order valence-electron chi connectivity index (χ0n) is 5.42. The fraction of sp³-hybridized carbons (Fsp3) is 1.00. The van der Waals surface area contributed by atoms with Crippen LogP contribution in [-0.4, -0.2) is 49.4 Å². The van der Waals surface area contributed by atoms with Crippen LogP contribution in [0.25, 0.3) is 0 Å². The molecule has 0 aliphatic carbocycles. The molecule has 0 spiro atoms. The molecule has 0 aromatic carbocycles. The highest BCUT2D eigenvalue weighted by molar-refractivity contribution is 4.75. The fourth-order valence-corrected chi connectivity index (χ4v) is 0.826. The Labute approximate surface area is 57.4 Å². The van der Waals surface area contributed by atoms with Crippen molar-refractivity contribution in [1.29, 1.82) is 0 Å². The molecule has 4 N–H and O–H groups in total. The van der Waals surface area contributed by atoms with Gasteiger partial charge in [0.15, 0.2) is 6.23 Å². The van der Waals surface area contributed by atoms with Gasteiger partial charge < -0.3 is 20.6 Å². The Morgan fingerprint density at radius 1 is 1.10 bits per heavy atom. The Balaban J connectivity index is 2.68. The van der Waals surface area contributed by atoms with Crippen LogP contribution in [0.1, 0.15) is 6.92 Å². The number of hydrogen-bond donors (Lipinski definition) is 4. The molecule has 0 saturated carbocycles. The molecule has 0 bridgehead atoms. The van der Waals surface area contributed by atoms with E-state index in [0.717, 1.165) is 0 Å². The molecule has 0 amide bonds. The number of aliphatic hydroxyl groups is 2. The van der Waals surface area contributed by atoms with Crippen LogP contribution in [0, 0.1) is 0 Å². The molecule has 3 unspecified atom stereocenters. The second kappa shape index (κ2) is 2.42. The van der Waals surface area contributed by atoms with Crippen LogP contribution in [0.4, 0.5) is 0 Å². The van der Waals surface area contributed by atoms with Gasteiger partial charge in [0.2, 0.25) is 6.35 Å². The molecule has 6 heteroatoms. The molecular weight excluding hydrogens is 140 g/mol. The maximum Gasteiger partial charge on any atom is 0.212 e. The first-order chi connectivity index (χ1) is 4.55. The molecular formula is C4H10N2O4. The van der Waals surface area contributed by atoms with E-state index < -0.39 is 18.6 Å². The summed E-state index contributed by atoms with van der Waals surface area (Å²) in [5.41, 5.74) is 0. The lowest BCUT2D eigenvalue weighted by atomic mass is 10.3. The van der Waals surface area contributed by atoms with Gasteiger partial charge in [-0.1, -0.05) is 0 Å². The Bertz CT molecular complexity index is 87.6. The molecule has 1 fully saturated rings. The smallest absolute Gasteiger partial charge is 0.212 e. The molecule has 60 valence electrons. The van der Waals surface area contributed by atoms with Crippen molar-refractivity contribution < 1.29 is 20.6 Å². The predicted molar refractivity (Wildman–Crippen MR) is 28.7 cm³/mol. The standard InChI is InChI=1S/C4H10N2O4/c1-2-3(7)6(10)4(8)5(2)9/h2-4,7-10H,1H3.